The van der Waals surface area contributed by atoms with E-state index in [2.05, 4.69) is 42.3 Å². The molecule has 1 heterocycles. The highest BCUT2D eigenvalue weighted by Crippen LogP contribution is 2.36. The van der Waals surface area contributed by atoms with Crippen LogP contribution >= 0.6 is 0 Å². The van der Waals surface area contributed by atoms with Gasteiger partial charge in [-0.1, -0.05) is 24.3 Å². The predicted molar refractivity (Wildman–Crippen MR) is 85.3 cm³/mol. The summed E-state index contributed by atoms with van der Waals surface area (Å²) in [6, 6.07) is 8.66. The van der Waals surface area contributed by atoms with Gasteiger partial charge in [0.15, 0.2) is 0 Å². The molecule has 1 unspecified atom stereocenters. The standard InChI is InChI=1S/C18H26N2O/c1-13(2)20(12-14-7-9-19-10-8-14)18(21)17-11-15-5-3-4-6-16(15)17/h3-6,13-14,17,19H,7-12H2,1-2H3. The lowest BCUT2D eigenvalue weighted by Gasteiger charge is -2.38. The van der Waals surface area contributed by atoms with Gasteiger partial charge in [-0.3, -0.25) is 4.79 Å². The van der Waals surface area contributed by atoms with Crippen LogP contribution in [0.25, 0.3) is 0 Å². The summed E-state index contributed by atoms with van der Waals surface area (Å²) in [7, 11) is 0. The second-order valence-electron chi connectivity index (χ2n) is 6.73. The Morgan fingerprint density at radius 1 is 1.29 bits per heavy atom. The zero-order valence-electron chi connectivity index (χ0n) is 13.1. The third kappa shape index (κ3) is 2.98. The quantitative estimate of drug-likeness (QED) is 0.922. The zero-order valence-corrected chi connectivity index (χ0v) is 13.1. The molecule has 2 aliphatic rings. The van der Waals surface area contributed by atoms with Gasteiger partial charge in [-0.15, -0.1) is 0 Å². The fourth-order valence-corrected chi connectivity index (χ4v) is 3.58. The Balaban J connectivity index is 1.68. The third-order valence-corrected chi connectivity index (χ3v) is 4.97. The van der Waals surface area contributed by atoms with Crippen molar-refractivity contribution < 1.29 is 4.79 Å². The van der Waals surface area contributed by atoms with Crippen LogP contribution in [0.15, 0.2) is 24.3 Å². The first-order valence-electron chi connectivity index (χ1n) is 8.26. The maximum Gasteiger partial charge on any atom is 0.230 e. The van der Waals surface area contributed by atoms with Crippen LogP contribution in [0.4, 0.5) is 0 Å². The molecule has 1 N–H and O–H groups in total. The van der Waals surface area contributed by atoms with Gasteiger partial charge in [-0.2, -0.15) is 0 Å². The number of hydrogen-bond acceptors (Lipinski definition) is 2. The number of fused-ring (bicyclic) bond motifs is 1. The van der Waals surface area contributed by atoms with Crippen LogP contribution < -0.4 is 5.32 Å². The van der Waals surface area contributed by atoms with Gasteiger partial charge in [0.25, 0.3) is 0 Å². The summed E-state index contributed by atoms with van der Waals surface area (Å²) in [5.74, 6) is 1.10. The number of amides is 1. The fraction of sp³-hybridized carbons (Fsp3) is 0.611. The summed E-state index contributed by atoms with van der Waals surface area (Å²) in [4.78, 5) is 15.0. The summed E-state index contributed by atoms with van der Waals surface area (Å²) in [5, 5.41) is 3.40. The summed E-state index contributed by atoms with van der Waals surface area (Å²) >= 11 is 0. The Kier molecular flexibility index (Phi) is 4.29. The van der Waals surface area contributed by atoms with E-state index in [9.17, 15) is 4.79 Å². The lowest BCUT2D eigenvalue weighted by atomic mass is 9.76. The number of nitrogens with one attached hydrogen (secondary N) is 1. The van der Waals surface area contributed by atoms with Crippen molar-refractivity contribution in [2.75, 3.05) is 19.6 Å². The molecule has 0 radical (unpaired) electrons. The molecular weight excluding hydrogens is 260 g/mol. The zero-order chi connectivity index (χ0) is 14.8. The van der Waals surface area contributed by atoms with Crippen molar-refractivity contribution in [1.82, 2.24) is 10.2 Å². The predicted octanol–water partition coefficient (Wildman–Crippen LogP) is 2.56. The molecule has 1 fully saturated rings. The molecule has 3 heteroatoms. The largest absolute Gasteiger partial charge is 0.339 e. The molecule has 3 nitrogen and oxygen atoms in total. The van der Waals surface area contributed by atoms with E-state index in [1.807, 2.05) is 6.07 Å². The van der Waals surface area contributed by atoms with E-state index in [4.69, 9.17) is 0 Å². The SMILES string of the molecule is CC(C)N(CC1CCNCC1)C(=O)C1Cc2ccccc21. The van der Waals surface area contributed by atoms with Gasteiger partial charge >= 0.3 is 0 Å². The summed E-state index contributed by atoms with van der Waals surface area (Å²) in [5.41, 5.74) is 2.60. The van der Waals surface area contributed by atoms with Gasteiger partial charge in [0.05, 0.1) is 5.92 Å². The molecule has 1 saturated heterocycles. The number of hydrogen-bond donors (Lipinski definition) is 1. The van der Waals surface area contributed by atoms with Gasteiger partial charge in [0.1, 0.15) is 0 Å². The van der Waals surface area contributed by atoms with Crippen molar-refractivity contribution in [2.24, 2.45) is 5.92 Å². The van der Waals surface area contributed by atoms with Gasteiger partial charge in [-0.05, 0) is 63.2 Å². The number of benzene rings is 1. The van der Waals surface area contributed by atoms with Crippen LogP contribution in [0.3, 0.4) is 0 Å². The highest BCUT2D eigenvalue weighted by atomic mass is 16.2. The van der Waals surface area contributed by atoms with E-state index in [1.165, 1.54) is 24.0 Å². The molecular formula is C18H26N2O. The van der Waals surface area contributed by atoms with Crippen molar-refractivity contribution in [3.05, 3.63) is 35.4 Å². The smallest absolute Gasteiger partial charge is 0.230 e. The van der Waals surface area contributed by atoms with E-state index in [-0.39, 0.29) is 5.92 Å². The fourth-order valence-electron chi connectivity index (χ4n) is 3.58. The minimum atomic E-state index is 0.102. The molecule has 1 aliphatic carbocycles. The van der Waals surface area contributed by atoms with Crippen LogP contribution in [-0.2, 0) is 11.2 Å². The molecule has 21 heavy (non-hydrogen) atoms. The molecule has 0 aromatic heterocycles. The number of piperidine rings is 1. The number of nitrogens with zero attached hydrogens (tertiary/aromatic N) is 1. The van der Waals surface area contributed by atoms with E-state index < -0.39 is 0 Å². The molecule has 1 aromatic carbocycles. The maximum absolute atomic E-state index is 12.9. The first-order chi connectivity index (χ1) is 10.2. The van der Waals surface area contributed by atoms with Crippen LogP contribution in [0.5, 0.6) is 0 Å². The summed E-state index contributed by atoms with van der Waals surface area (Å²) < 4.78 is 0. The van der Waals surface area contributed by atoms with Crippen molar-refractivity contribution in [2.45, 2.75) is 45.1 Å². The number of rotatable bonds is 4. The van der Waals surface area contributed by atoms with Crippen LogP contribution in [-0.4, -0.2) is 36.5 Å². The highest BCUT2D eigenvalue weighted by Gasteiger charge is 2.36. The Bertz CT molecular complexity index is 506. The van der Waals surface area contributed by atoms with Gasteiger partial charge in [0, 0.05) is 12.6 Å². The molecule has 0 spiro atoms. The number of carbonyl (C=O) groups is 1. The lowest BCUT2D eigenvalue weighted by molar-refractivity contribution is -0.136. The highest BCUT2D eigenvalue weighted by molar-refractivity contribution is 5.87. The Morgan fingerprint density at radius 3 is 2.67 bits per heavy atom. The molecule has 3 rings (SSSR count). The van der Waals surface area contributed by atoms with E-state index >= 15 is 0 Å². The van der Waals surface area contributed by atoms with Crippen LogP contribution in [0.1, 0.15) is 43.7 Å². The van der Waals surface area contributed by atoms with Crippen LogP contribution in [0, 0.1) is 5.92 Å². The van der Waals surface area contributed by atoms with Crippen molar-refractivity contribution in [1.29, 1.82) is 0 Å². The van der Waals surface area contributed by atoms with Crippen molar-refractivity contribution >= 4 is 5.91 Å². The van der Waals surface area contributed by atoms with Gasteiger partial charge in [0.2, 0.25) is 5.91 Å². The van der Waals surface area contributed by atoms with Crippen molar-refractivity contribution in [3.63, 3.8) is 0 Å². The minimum absolute atomic E-state index is 0.102. The Hall–Kier alpha value is -1.35. The molecule has 1 amide bonds. The Morgan fingerprint density at radius 2 is 2.00 bits per heavy atom. The average molecular weight is 286 g/mol. The topological polar surface area (TPSA) is 32.3 Å². The summed E-state index contributed by atoms with van der Waals surface area (Å²) in [6.07, 6.45) is 3.31. The van der Waals surface area contributed by atoms with Gasteiger partial charge in [-0.25, -0.2) is 0 Å². The third-order valence-electron chi connectivity index (χ3n) is 4.97. The second-order valence-corrected chi connectivity index (χ2v) is 6.73. The first kappa shape index (κ1) is 14.6. The normalized spacial score (nSPS) is 21.8. The van der Waals surface area contributed by atoms with Crippen molar-refractivity contribution in [3.8, 4) is 0 Å². The molecule has 114 valence electrons. The van der Waals surface area contributed by atoms with E-state index in [0.717, 1.165) is 26.1 Å². The van der Waals surface area contributed by atoms with E-state index in [1.54, 1.807) is 0 Å². The Labute approximate surface area is 127 Å². The summed E-state index contributed by atoms with van der Waals surface area (Å²) in [6.45, 7) is 7.40. The molecule has 0 saturated carbocycles. The van der Waals surface area contributed by atoms with Gasteiger partial charge < -0.3 is 10.2 Å². The van der Waals surface area contributed by atoms with E-state index in [0.29, 0.717) is 17.9 Å². The molecule has 1 atom stereocenters. The minimum Gasteiger partial charge on any atom is -0.339 e. The maximum atomic E-state index is 12.9. The second kappa shape index (κ2) is 6.18. The molecule has 0 bridgehead atoms. The molecule has 1 aliphatic heterocycles. The molecule has 1 aromatic rings. The number of carbonyl (C=O) groups excluding carboxylic acids is 1. The average Bonchev–Trinajstić information content (AvgIpc) is 2.46. The lowest BCUT2D eigenvalue weighted by Crippen LogP contribution is -2.46. The monoisotopic (exact) mass is 286 g/mol. The van der Waals surface area contributed by atoms with Crippen LogP contribution in [0.2, 0.25) is 0 Å². The first-order valence-corrected chi connectivity index (χ1v) is 8.26.